The third-order valence-corrected chi connectivity index (χ3v) is 6.96. The summed E-state index contributed by atoms with van der Waals surface area (Å²) in [5, 5.41) is 0.483. The molecule has 0 saturated heterocycles. The molecular formula is C18H18N4O3S2. The number of oxazole rings is 1. The first-order valence-electron chi connectivity index (χ1n) is 8.22. The molecule has 0 radical (unpaired) electrons. The van der Waals surface area contributed by atoms with E-state index in [9.17, 15) is 8.42 Å². The van der Waals surface area contributed by atoms with Crippen LogP contribution in [-0.4, -0.2) is 41.4 Å². The quantitative estimate of drug-likeness (QED) is 0.477. The van der Waals surface area contributed by atoms with Crippen LogP contribution < -0.4 is 0 Å². The molecule has 4 rings (SSSR count). The van der Waals surface area contributed by atoms with Crippen molar-refractivity contribution < 1.29 is 12.8 Å². The lowest BCUT2D eigenvalue weighted by Crippen LogP contribution is -2.22. The Morgan fingerprint density at radius 3 is 2.63 bits per heavy atom. The van der Waals surface area contributed by atoms with Crippen molar-refractivity contribution in [2.45, 2.75) is 15.9 Å². The Morgan fingerprint density at radius 2 is 1.89 bits per heavy atom. The Hall–Kier alpha value is -2.36. The van der Waals surface area contributed by atoms with Gasteiger partial charge in [0.2, 0.25) is 10.0 Å². The van der Waals surface area contributed by atoms with E-state index in [4.69, 9.17) is 4.42 Å². The lowest BCUT2D eigenvalue weighted by atomic mass is 10.3. The van der Waals surface area contributed by atoms with Crippen LogP contribution in [0.4, 0.5) is 0 Å². The number of fused-ring (bicyclic) bond motifs is 2. The summed E-state index contributed by atoms with van der Waals surface area (Å²) in [6.45, 7) is 0. The molecule has 0 amide bonds. The van der Waals surface area contributed by atoms with Crippen LogP contribution >= 0.6 is 11.8 Å². The Morgan fingerprint density at radius 1 is 1.11 bits per heavy atom. The topological polar surface area (TPSA) is 81.2 Å². The molecular weight excluding hydrogens is 384 g/mol. The van der Waals surface area contributed by atoms with E-state index < -0.39 is 10.0 Å². The number of nitrogens with zero attached hydrogens (tertiary/aromatic N) is 4. The first kappa shape index (κ1) is 18.0. The lowest BCUT2D eigenvalue weighted by Gasteiger charge is -2.10. The van der Waals surface area contributed by atoms with Crippen LogP contribution in [0, 0.1) is 0 Å². The summed E-state index contributed by atoms with van der Waals surface area (Å²) in [5.74, 6) is 1.51. The van der Waals surface area contributed by atoms with Gasteiger partial charge in [0.25, 0.3) is 5.22 Å². The summed E-state index contributed by atoms with van der Waals surface area (Å²) in [5.41, 5.74) is 3.10. The van der Waals surface area contributed by atoms with Crippen molar-refractivity contribution in [3.8, 4) is 0 Å². The first-order chi connectivity index (χ1) is 12.9. The predicted molar refractivity (Wildman–Crippen MR) is 105 cm³/mol. The number of hydrogen-bond donors (Lipinski definition) is 0. The molecule has 0 saturated carbocycles. The molecule has 0 aliphatic heterocycles. The maximum absolute atomic E-state index is 12.3. The molecule has 0 aliphatic carbocycles. The molecule has 27 heavy (non-hydrogen) atoms. The maximum atomic E-state index is 12.3. The smallest absolute Gasteiger partial charge is 0.257 e. The molecule has 0 aliphatic rings. The van der Waals surface area contributed by atoms with E-state index in [1.54, 1.807) is 6.07 Å². The van der Waals surface area contributed by atoms with E-state index in [0.717, 1.165) is 16.9 Å². The van der Waals surface area contributed by atoms with Gasteiger partial charge in [-0.3, -0.25) is 0 Å². The Kier molecular flexibility index (Phi) is 4.45. The molecule has 0 atom stereocenters. The zero-order valence-corrected chi connectivity index (χ0v) is 16.7. The normalized spacial score (nSPS) is 12.4. The van der Waals surface area contributed by atoms with Crippen LogP contribution in [0.3, 0.4) is 0 Å². The van der Waals surface area contributed by atoms with Gasteiger partial charge in [-0.25, -0.2) is 22.7 Å². The first-order valence-corrected chi connectivity index (χ1v) is 10.6. The molecule has 2 heterocycles. The van der Waals surface area contributed by atoms with Gasteiger partial charge in [0.05, 0.1) is 21.7 Å². The van der Waals surface area contributed by atoms with Crippen LogP contribution in [0.1, 0.15) is 5.82 Å². The third-order valence-electron chi connectivity index (χ3n) is 4.32. The maximum Gasteiger partial charge on any atom is 0.257 e. The second kappa shape index (κ2) is 6.66. The molecule has 0 unspecified atom stereocenters. The minimum absolute atomic E-state index is 0.195. The summed E-state index contributed by atoms with van der Waals surface area (Å²) >= 11 is 1.43. The largest absolute Gasteiger partial charge is 0.431 e. The molecule has 0 spiro atoms. The molecule has 0 fully saturated rings. The summed E-state index contributed by atoms with van der Waals surface area (Å²) in [4.78, 5) is 9.25. The highest BCUT2D eigenvalue weighted by Gasteiger charge is 2.19. The second-order valence-corrected chi connectivity index (χ2v) is 9.34. The van der Waals surface area contributed by atoms with Crippen molar-refractivity contribution in [2.75, 3.05) is 14.1 Å². The van der Waals surface area contributed by atoms with Crippen LogP contribution in [-0.2, 0) is 22.8 Å². The number of thioether (sulfide) groups is 1. The van der Waals surface area contributed by atoms with E-state index in [-0.39, 0.29) is 4.90 Å². The highest BCUT2D eigenvalue weighted by atomic mass is 32.2. The number of sulfonamides is 1. The van der Waals surface area contributed by atoms with Crippen molar-refractivity contribution >= 4 is 43.9 Å². The molecule has 4 aromatic rings. The summed E-state index contributed by atoms with van der Waals surface area (Å²) in [6, 6.07) is 12.7. The van der Waals surface area contributed by atoms with Crippen LogP contribution in [0.2, 0.25) is 0 Å². The minimum atomic E-state index is -3.50. The van der Waals surface area contributed by atoms with Gasteiger partial charge in [0, 0.05) is 21.1 Å². The molecule has 2 aromatic carbocycles. The fraction of sp³-hybridized carbons (Fsp3) is 0.222. The average molecular weight is 403 g/mol. The van der Waals surface area contributed by atoms with E-state index >= 15 is 0 Å². The zero-order chi connectivity index (χ0) is 19.2. The fourth-order valence-electron chi connectivity index (χ4n) is 2.77. The standard InChI is InChI=1S/C18H18N4O3S2/c1-21(2)27(23,24)12-8-9-16-14(10-12)20-18(25-16)26-11-17-19-13-6-4-5-7-15(13)22(17)3/h4-10H,11H2,1-3H3. The third kappa shape index (κ3) is 3.22. The number of para-hydroxylation sites is 2. The lowest BCUT2D eigenvalue weighted by molar-refractivity contribution is 0.489. The molecule has 140 valence electrons. The fourth-order valence-corrected chi connectivity index (χ4v) is 4.51. The van der Waals surface area contributed by atoms with E-state index in [1.807, 2.05) is 35.9 Å². The highest BCUT2D eigenvalue weighted by molar-refractivity contribution is 7.98. The Bertz CT molecular complexity index is 1240. The summed E-state index contributed by atoms with van der Waals surface area (Å²) in [7, 11) is 1.48. The van der Waals surface area contributed by atoms with Gasteiger partial charge in [-0.2, -0.15) is 0 Å². The van der Waals surface area contributed by atoms with Crippen LogP contribution in [0.15, 0.2) is 57.0 Å². The molecule has 2 aromatic heterocycles. The number of rotatable bonds is 5. The SMILES string of the molecule is CN(C)S(=O)(=O)c1ccc2oc(SCc3nc4ccccc4n3C)nc2c1. The van der Waals surface area contributed by atoms with Gasteiger partial charge in [-0.05, 0) is 30.3 Å². The van der Waals surface area contributed by atoms with Gasteiger partial charge in [-0.1, -0.05) is 23.9 Å². The number of hydrogen-bond acceptors (Lipinski definition) is 6. The zero-order valence-electron chi connectivity index (χ0n) is 15.1. The molecule has 9 heteroatoms. The number of aromatic nitrogens is 3. The Labute approximate surface area is 161 Å². The number of aryl methyl sites for hydroxylation is 1. The monoisotopic (exact) mass is 402 g/mol. The van der Waals surface area contributed by atoms with E-state index in [1.165, 1.54) is 42.3 Å². The number of imidazole rings is 1. The van der Waals surface area contributed by atoms with Gasteiger partial charge in [-0.15, -0.1) is 0 Å². The second-order valence-electron chi connectivity index (χ2n) is 6.26. The van der Waals surface area contributed by atoms with Crippen molar-refractivity contribution in [1.82, 2.24) is 18.8 Å². The molecule has 0 N–H and O–H groups in total. The molecule has 0 bridgehead atoms. The van der Waals surface area contributed by atoms with Crippen LogP contribution in [0.25, 0.3) is 22.1 Å². The van der Waals surface area contributed by atoms with Crippen molar-refractivity contribution in [2.24, 2.45) is 7.05 Å². The predicted octanol–water partition coefficient (Wildman–Crippen LogP) is 3.26. The van der Waals surface area contributed by atoms with Gasteiger partial charge in [0.1, 0.15) is 11.3 Å². The van der Waals surface area contributed by atoms with Crippen molar-refractivity contribution in [1.29, 1.82) is 0 Å². The van der Waals surface area contributed by atoms with Crippen molar-refractivity contribution in [3.05, 3.63) is 48.3 Å². The minimum Gasteiger partial charge on any atom is -0.431 e. The van der Waals surface area contributed by atoms with Crippen molar-refractivity contribution in [3.63, 3.8) is 0 Å². The number of benzene rings is 2. The summed E-state index contributed by atoms with van der Waals surface area (Å²) < 4.78 is 33.5. The average Bonchev–Trinajstić information content (AvgIpc) is 3.20. The van der Waals surface area contributed by atoms with Gasteiger partial charge in [0.15, 0.2) is 5.58 Å². The highest BCUT2D eigenvalue weighted by Crippen LogP contribution is 2.28. The van der Waals surface area contributed by atoms with E-state index in [0.29, 0.717) is 22.1 Å². The van der Waals surface area contributed by atoms with Crippen LogP contribution in [0.5, 0.6) is 0 Å². The van der Waals surface area contributed by atoms with Gasteiger partial charge < -0.3 is 8.98 Å². The molecule has 7 nitrogen and oxygen atoms in total. The Balaban J connectivity index is 1.60. The van der Waals surface area contributed by atoms with E-state index in [2.05, 4.69) is 9.97 Å². The summed E-state index contributed by atoms with van der Waals surface area (Å²) in [6.07, 6.45) is 0. The van der Waals surface area contributed by atoms with Gasteiger partial charge >= 0.3 is 0 Å².